The van der Waals surface area contributed by atoms with E-state index in [-0.39, 0.29) is 0 Å². The van der Waals surface area contributed by atoms with Gasteiger partial charge in [0.25, 0.3) is 0 Å². The van der Waals surface area contributed by atoms with Crippen LogP contribution in [0.3, 0.4) is 0 Å². The highest BCUT2D eigenvalue weighted by Crippen LogP contribution is 2.23. The zero-order chi connectivity index (χ0) is 10.7. The van der Waals surface area contributed by atoms with Gasteiger partial charge in [0.05, 0.1) is 0 Å². The molecule has 0 atom stereocenters. The van der Waals surface area contributed by atoms with E-state index in [1.807, 2.05) is 30.3 Å². The number of rotatable bonds is 4. The quantitative estimate of drug-likeness (QED) is 0.753. The van der Waals surface area contributed by atoms with Crippen molar-refractivity contribution < 1.29 is 9.13 Å². The van der Waals surface area contributed by atoms with E-state index in [1.54, 1.807) is 6.92 Å². The van der Waals surface area contributed by atoms with Crippen LogP contribution in [0.15, 0.2) is 30.3 Å². The van der Waals surface area contributed by atoms with Crippen molar-refractivity contribution in [3.63, 3.8) is 0 Å². The molecule has 2 rings (SSSR count). The number of nitrogens with zero attached hydrogens (tertiary/aromatic N) is 1. The summed E-state index contributed by atoms with van der Waals surface area (Å²) in [6.45, 7) is 4.13. The highest BCUT2D eigenvalue weighted by Gasteiger charge is 2.38. The summed E-state index contributed by atoms with van der Waals surface area (Å²) in [5.74, 6) is 0.876. The van der Waals surface area contributed by atoms with Crippen LogP contribution in [0, 0.1) is 0 Å². The minimum absolute atomic E-state index is 0.533. The average Bonchev–Trinajstić information content (AvgIpc) is 2.16. The smallest absolute Gasteiger partial charge is 0.133 e. The maximum absolute atomic E-state index is 13.1. The summed E-state index contributed by atoms with van der Waals surface area (Å²) in [5, 5.41) is 0. The van der Waals surface area contributed by atoms with Crippen molar-refractivity contribution in [2.45, 2.75) is 12.6 Å². The van der Waals surface area contributed by atoms with E-state index in [1.165, 1.54) is 0 Å². The fourth-order valence-corrected chi connectivity index (χ4v) is 1.85. The lowest BCUT2D eigenvalue weighted by molar-refractivity contribution is -0.0228. The lowest BCUT2D eigenvalue weighted by Crippen LogP contribution is -2.57. The zero-order valence-corrected chi connectivity index (χ0v) is 8.95. The Balaban J connectivity index is 1.64. The molecule has 82 valence electrons. The molecule has 0 saturated carbocycles. The molecule has 1 aliphatic rings. The van der Waals surface area contributed by atoms with Crippen LogP contribution in [-0.4, -0.2) is 36.8 Å². The Labute approximate surface area is 89.7 Å². The Morgan fingerprint density at radius 2 is 2.00 bits per heavy atom. The van der Waals surface area contributed by atoms with E-state index < -0.39 is 5.67 Å². The number of hydrogen-bond donors (Lipinski definition) is 0. The summed E-state index contributed by atoms with van der Waals surface area (Å²) >= 11 is 0. The molecule has 0 radical (unpaired) electrons. The van der Waals surface area contributed by atoms with Gasteiger partial charge in [0.1, 0.15) is 18.0 Å². The molecule has 1 heterocycles. The second-order valence-electron chi connectivity index (χ2n) is 4.29. The second-order valence-corrected chi connectivity index (χ2v) is 4.29. The van der Waals surface area contributed by atoms with Gasteiger partial charge < -0.3 is 4.74 Å². The third kappa shape index (κ3) is 2.93. The first-order valence-corrected chi connectivity index (χ1v) is 5.25. The first-order valence-electron chi connectivity index (χ1n) is 5.25. The molecule has 1 saturated heterocycles. The Hall–Kier alpha value is -1.09. The number of likely N-dealkylation sites (tertiary alicyclic amines) is 1. The molecule has 15 heavy (non-hydrogen) atoms. The first-order chi connectivity index (χ1) is 7.16. The molecule has 1 aromatic carbocycles. The highest BCUT2D eigenvalue weighted by atomic mass is 19.1. The van der Waals surface area contributed by atoms with Crippen molar-refractivity contribution in [2.75, 3.05) is 26.2 Å². The molecule has 0 aliphatic carbocycles. The summed E-state index contributed by atoms with van der Waals surface area (Å²) < 4.78 is 18.6. The van der Waals surface area contributed by atoms with E-state index in [9.17, 15) is 4.39 Å². The van der Waals surface area contributed by atoms with Gasteiger partial charge in [-0.25, -0.2) is 4.39 Å². The monoisotopic (exact) mass is 209 g/mol. The van der Waals surface area contributed by atoms with Gasteiger partial charge in [0.2, 0.25) is 0 Å². The summed E-state index contributed by atoms with van der Waals surface area (Å²) in [4.78, 5) is 2.06. The summed E-state index contributed by atoms with van der Waals surface area (Å²) in [5.41, 5.74) is -0.979. The molecule has 2 nitrogen and oxygen atoms in total. The van der Waals surface area contributed by atoms with Crippen molar-refractivity contribution in [3.8, 4) is 5.75 Å². The number of ether oxygens (including phenoxy) is 1. The van der Waals surface area contributed by atoms with Crippen LogP contribution in [0.4, 0.5) is 4.39 Å². The lowest BCUT2D eigenvalue weighted by Gasteiger charge is -2.42. The Morgan fingerprint density at radius 3 is 2.60 bits per heavy atom. The minimum Gasteiger partial charge on any atom is -0.492 e. The standard InChI is InChI=1S/C12H16FNO/c1-12(13)9-14(10-12)7-8-15-11-5-3-2-4-6-11/h2-6H,7-10H2,1H3. The van der Waals surface area contributed by atoms with Crippen molar-refractivity contribution >= 4 is 0 Å². The maximum Gasteiger partial charge on any atom is 0.133 e. The highest BCUT2D eigenvalue weighted by molar-refractivity contribution is 5.20. The van der Waals surface area contributed by atoms with E-state index >= 15 is 0 Å². The van der Waals surface area contributed by atoms with Crippen molar-refractivity contribution in [1.29, 1.82) is 0 Å². The predicted octanol–water partition coefficient (Wildman–Crippen LogP) is 2.11. The fraction of sp³-hybridized carbons (Fsp3) is 0.500. The first kappa shape index (κ1) is 10.4. The van der Waals surface area contributed by atoms with Gasteiger partial charge in [-0.3, -0.25) is 4.90 Å². The lowest BCUT2D eigenvalue weighted by atomic mass is 9.99. The normalized spacial score (nSPS) is 19.6. The molecule has 0 amide bonds. The fourth-order valence-electron chi connectivity index (χ4n) is 1.85. The van der Waals surface area contributed by atoms with Gasteiger partial charge in [-0.2, -0.15) is 0 Å². The van der Waals surface area contributed by atoms with Gasteiger partial charge >= 0.3 is 0 Å². The zero-order valence-electron chi connectivity index (χ0n) is 8.95. The van der Waals surface area contributed by atoms with E-state index in [0.717, 1.165) is 12.3 Å². The van der Waals surface area contributed by atoms with Crippen LogP contribution in [0.1, 0.15) is 6.92 Å². The molecule has 1 aromatic rings. The van der Waals surface area contributed by atoms with E-state index in [4.69, 9.17) is 4.74 Å². The maximum atomic E-state index is 13.1. The van der Waals surface area contributed by atoms with E-state index in [2.05, 4.69) is 4.90 Å². The predicted molar refractivity (Wildman–Crippen MR) is 57.9 cm³/mol. The van der Waals surface area contributed by atoms with Crippen LogP contribution in [0.25, 0.3) is 0 Å². The molecule has 0 aromatic heterocycles. The van der Waals surface area contributed by atoms with Gasteiger partial charge in [0, 0.05) is 19.6 Å². The van der Waals surface area contributed by atoms with Crippen molar-refractivity contribution in [3.05, 3.63) is 30.3 Å². The molecular weight excluding hydrogens is 193 g/mol. The van der Waals surface area contributed by atoms with Crippen LogP contribution >= 0.6 is 0 Å². The third-order valence-corrected chi connectivity index (χ3v) is 2.53. The minimum atomic E-state index is -0.979. The number of hydrogen-bond acceptors (Lipinski definition) is 2. The van der Waals surface area contributed by atoms with Crippen LogP contribution in [0.2, 0.25) is 0 Å². The SMILES string of the molecule is CC1(F)CN(CCOc2ccccc2)C1. The topological polar surface area (TPSA) is 12.5 Å². The van der Waals surface area contributed by atoms with E-state index in [0.29, 0.717) is 19.7 Å². The van der Waals surface area contributed by atoms with Crippen molar-refractivity contribution in [2.24, 2.45) is 0 Å². The molecule has 3 heteroatoms. The Morgan fingerprint density at radius 1 is 1.33 bits per heavy atom. The van der Waals surface area contributed by atoms with Gasteiger partial charge in [-0.05, 0) is 19.1 Å². The molecular formula is C12H16FNO. The molecule has 0 unspecified atom stereocenters. The number of benzene rings is 1. The van der Waals surface area contributed by atoms with Crippen LogP contribution < -0.4 is 4.74 Å². The Kier molecular flexibility index (Phi) is 2.91. The molecule has 0 N–H and O–H groups in total. The molecule has 1 aliphatic heterocycles. The largest absolute Gasteiger partial charge is 0.492 e. The van der Waals surface area contributed by atoms with Gasteiger partial charge in [-0.15, -0.1) is 0 Å². The summed E-state index contributed by atoms with van der Waals surface area (Å²) in [7, 11) is 0. The number of para-hydroxylation sites is 1. The second kappa shape index (κ2) is 4.19. The van der Waals surface area contributed by atoms with Gasteiger partial charge in [0.15, 0.2) is 0 Å². The van der Waals surface area contributed by atoms with Gasteiger partial charge in [-0.1, -0.05) is 18.2 Å². The molecule has 0 spiro atoms. The molecule has 0 bridgehead atoms. The van der Waals surface area contributed by atoms with Crippen LogP contribution in [-0.2, 0) is 0 Å². The average molecular weight is 209 g/mol. The number of halogens is 1. The Bertz CT molecular complexity index is 305. The van der Waals surface area contributed by atoms with Crippen LogP contribution in [0.5, 0.6) is 5.75 Å². The van der Waals surface area contributed by atoms with Crippen molar-refractivity contribution in [1.82, 2.24) is 4.90 Å². The summed E-state index contributed by atoms with van der Waals surface area (Å²) in [6, 6.07) is 9.69. The molecule has 1 fully saturated rings. The summed E-state index contributed by atoms with van der Waals surface area (Å²) in [6.07, 6.45) is 0. The third-order valence-electron chi connectivity index (χ3n) is 2.53. The number of alkyl halides is 1.